The SMILES string of the molecule is CCn1nc(C)c(Br)c1Cn1ccc2cc(C=O)ccc21. The zero-order valence-electron chi connectivity index (χ0n) is 12.0. The molecule has 0 unspecified atom stereocenters. The van der Waals surface area contributed by atoms with Crippen LogP contribution in [0.25, 0.3) is 10.9 Å². The second kappa shape index (κ2) is 5.48. The smallest absolute Gasteiger partial charge is 0.150 e. The Morgan fingerprint density at radius 1 is 1.33 bits per heavy atom. The van der Waals surface area contributed by atoms with E-state index in [1.54, 1.807) is 0 Å². The van der Waals surface area contributed by atoms with Crippen LogP contribution in [0.15, 0.2) is 34.9 Å². The van der Waals surface area contributed by atoms with Crippen LogP contribution in [0.5, 0.6) is 0 Å². The average Bonchev–Trinajstić information content (AvgIpc) is 3.02. The fourth-order valence-corrected chi connectivity index (χ4v) is 3.02. The van der Waals surface area contributed by atoms with Crippen LogP contribution in [0.2, 0.25) is 0 Å². The number of carbonyl (C=O) groups is 1. The second-order valence-electron chi connectivity index (χ2n) is 5.04. The van der Waals surface area contributed by atoms with Crippen molar-refractivity contribution in [3.63, 3.8) is 0 Å². The van der Waals surface area contributed by atoms with E-state index < -0.39 is 0 Å². The first-order chi connectivity index (χ1) is 10.1. The van der Waals surface area contributed by atoms with Gasteiger partial charge in [-0.2, -0.15) is 5.10 Å². The van der Waals surface area contributed by atoms with Crippen LogP contribution >= 0.6 is 15.9 Å². The van der Waals surface area contributed by atoms with Gasteiger partial charge in [0.15, 0.2) is 0 Å². The average molecular weight is 346 g/mol. The van der Waals surface area contributed by atoms with Gasteiger partial charge in [-0.25, -0.2) is 0 Å². The summed E-state index contributed by atoms with van der Waals surface area (Å²) in [5.41, 5.74) is 3.99. The predicted molar refractivity (Wildman–Crippen MR) is 86.8 cm³/mol. The Balaban J connectivity index is 2.04. The number of hydrogen-bond donors (Lipinski definition) is 0. The summed E-state index contributed by atoms with van der Waals surface area (Å²) in [5.74, 6) is 0. The maximum atomic E-state index is 10.9. The van der Waals surface area contributed by atoms with E-state index in [0.29, 0.717) is 5.56 Å². The van der Waals surface area contributed by atoms with Gasteiger partial charge in [-0.05, 0) is 54.0 Å². The van der Waals surface area contributed by atoms with Crippen molar-refractivity contribution < 1.29 is 4.79 Å². The zero-order valence-corrected chi connectivity index (χ0v) is 13.6. The molecular formula is C16H16BrN3O. The summed E-state index contributed by atoms with van der Waals surface area (Å²) >= 11 is 3.63. The van der Waals surface area contributed by atoms with Crippen molar-refractivity contribution in [3.8, 4) is 0 Å². The Kier molecular flexibility index (Phi) is 3.68. The molecule has 21 heavy (non-hydrogen) atoms. The van der Waals surface area contributed by atoms with Crippen molar-refractivity contribution >= 4 is 33.1 Å². The molecule has 4 nitrogen and oxygen atoms in total. The predicted octanol–water partition coefficient (Wildman–Crippen LogP) is 3.79. The van der Waals surface area contributed by atoms with Gasteiger partial charge in [0.05, 0.1) is 22.4 Å². The summed E-state index contributed by atoms with van der Waals surface area (Å²) in [6, 6.07) is 7.79. The minimum Gasteiger partial charge on any atom is -0.341 e. The third kappa shape index (κ3) is 2.42. The molecule has 0 N–H and O–H groups in total. The Hall–Kier alpha value is -1.88. The molecule has 0 bridgehead atoms. The van der Waals surface area contributed by atoms with E-state index in [0.717, 1.165) is 46.1 Å². The van der Waals surface area contributed by atoms with Gasteiger partial charge in [0.2, 0.25) is 0 Å². The molecule has 0 aliphatic heterocycles. The standard InChI is InChI=1S/C16H16BrN3O/c1-3-20-15(16(17)11(2)18-20)9-19-7-6-13-8-12(10-21)4-5-14(13)19/h4-8,10H,3,9H2,1-2H3. The summed E-state index contributed by atoms with van der Waals surface area (Å²) in [4.78, 5) is 10.9. The van der Waals surface area contributed by atoms with E-state index in [9.17, 15) is 4.79 Å². The molecule has 1 aromatic carbocycles. The molecule has 0 radical (unpaired) electrons. The molecular weight excluding hydrogens is 330 g/mol. The lowest BCUT2D eigenvalue weighted by Gasteiger charge is -2.08. The van der Waals surface area contributed by atoms with Crippen LogP contribution < -0.4 is 0 Å². The van der Waals surface area contributed by atoms with Crippen LogP contribution in [0.1, 0.15) is 28.7 Å². The molecule has 108 valence electrons. The van der Waals surface area contributed by atoms with Crippen LogP contribution in [0.3, 0.4) is 0 Å². The molecule has 0 spiro atoms. The molecule has 0 amide bonds. The Bertz CT molecular complexity index is 816. The highest BCUT2D eigenvalue weighted by Gasteiger charge is 2.13. The monoisotopic (exact) mass is 345 g/mol. The third-order valence-corrected chi connectivity index (χ3v) is 4.74. The normalized spacial score (nSPS) is 11.2. The van der Waals surface area contributed by atoms with Crippen molar-refractivity contribution in [2.75, 3.05) is 0 Å². The number of halogens is 1. The van der Waals surface area contributed by atoms with Crippen molar-refractivity contribution in [2.24, 2.45) is 0 Å². The summed E-state index contributed by atoms with van der Waals surface area (Å²) in [6.45, 7) is 5.69. The quantitative estimate of drug-likeness (QED) is 0.675. The van der Waals surface area contributed by atoms with Gasteiger partial charge in [0.25, 0.3) is 0 Å². The van der Waals surface area contributed by atoms with Gasteiger partial charge in [0.1, 0.15) is 6.29 Å². The molecule has 0 aliphatic carbocycles. The Labute approximate surface area is 131 Å². The topological polar surface area (TPSA) is 39.8 Å². The molecule has 2 heterocycles. The van der Waals surface area contributed by atoms with Crippen molar-refractivity contribution in [1.29, 1.82) is 0 Å². The van der Waals surface area contributed by atoms with Crippen molar-refractivity contribution in [2.45, 2.75) is 26.9 Å². The van der Waals surface area contributed by atoms with Gasteiger partial charge in [-0.1, -0.05) is 0 Å². The van der Waals surface area contributed by atoms with Gasteiger partial charge < -0.3 is 4.57 Å². The van der Waals surface area contributed by atoms with E-state index in [1.165, 1.54) is 0 Å². The minimum atomic E-state index is 0.705. The summed E-state index contributed by atoms with van der Waals surface area (Å²) in [6.07, 6.45) is 2.93. The number of carbonyl (C=O) groups excluding carboxylic acids is 1. The van der Waals surface area contributed by atoms with E-state index >= 15 is 0 Å². The maximum absolute atomic E-state index is 10.9. The highest BCUT2D eigenvalue weighted by atomic mass is 79.9. The van der Waals surface area contributed by atoms with Gasteiger partial charge >= 0.3 is 0 Å². The highest BCUT2D eigenvalue weighted by molar-refractivity contribution is 9.10. The molecule has 0 fully saturated rings. The molecule has 0 saturated carbocycles. The lowest BCUT2D eigenvalue weighted by molar-refractivity contribution is 0.112. The number of fused-ring (bicyclic) bond motifs is 1. The zero-order chi connectivity index (χ0) is 15.0. The number of hydrogen-bond acceptors (Lipinski definition) is 2. The molecule has 0 aliphatic rings. The molecule has 3 rings (SSSR count). The van der Waals surface area contributed by atoms with Crippen molar-refractivity contribution in [1.82, 2.24) is 14.3 Å². The fraction of sp³-hybridized carbons (Fsp3) is 0.250. The lowest BCUT2D eigenvalue weighted by atomic mass is 10.2. The third-order valence-electron chi connectivity index (χ3n) is 3.70. The first-order valence-electron chi connectivity index (χ1n) is 6.90. The second-order valence-corrected chi connectivity index (χ2v) is 5.83. The van der Waals surface area contributed by atoms with Crippen molar-refractivity contribution in [3.05, 3.63) is 51.9 Å². The number of aromatic nitrogens is 3. The number of aldehydes is 1. The number of rotatable bonds is 4. The molecule has 0 saturated heterocycles. The van der Waals surface area contributed by atoms with Gasteiger partial charge in [0, 0.05) is 29.2 Å². The largest absolute Gasteiger partial charge is 0.341 e. The Morgan fingerprint density at radius 2 is 2.14 bits per heavy atom. The first-order valence-corrected chi connectivity index (χ1v) is 7.69. The summed E-state index contributed by atoms with van der Waals surface area (Å²) in [7, 11) is 0. The number of nitrogens with zero attached hydrogens (tertiary/aromatic N) is 3. The van der Waals surface area contributed by atoms with Crippen LogP contribution in [0, 0.1) is 6.92 Å². The molecule has 5 heteroatoms. The summed E-state index contributed by atoms with van der Waals surface area (Å²) < 4.78 is 5.26. The number of aryl methyl sites for hydroxylation is 2. The summed E-state index contributed by atoms with van der Waals surface area (Å²) in [5, 5.41) is 5.61. The maximum Gasteiger partial charge on any atom is 0.150 e. The van der Waals surface area contributed by atoms with E-state index in [2.05, 4.69) is 32.5 Å². The number of benzene rings is 1. The van der Waals surface area contributed by atoms with Crippen LogP contribution in [-0.2, 0) is 13.1 Å². The van der Waals surface area contributed by atoms with E-state index in [1.807, 2.05) is 42.1 Å². The first kappa shape index (κ1) is 14.1. The van der Waals surface area contributed by atoms with Gasteiger partial charge in [-0.3, -0.25) is 9.48 Å². The molecule has 0 atom stereocenters. The Morgan fingerprint density at radius 3 is 2.86 bits per heavy atom. The van der Waals surface area contributed by atoms with Gasteiger partial charge in [-0.15, -0.1) is 0 Å². The lowest BCUT2D eigenvalue weighted by Crippen LogP contribution is -2.07. The molecule has 3 aromatic rings. The van der Waals surface area contributed by atoms with Crippen LogP contribution in [-0.4, -0.2) is 20.6 Å². The fourth-order valence-electron chi connectivity index (χ4n) is 2.61. The van der Waals surface area contributed by atoms with Crippen LogP contribution in [0.4, 0.5) is 0 Å². The molecule has 2 aromatic heterocycles. The van der Waals surface area contributed by atoms with E-state index in [-0.39, 0.29) is 0 Å². The minimum absolute atomic E-state index is 0.705. The highest BCUT2D eigenvalue weighted by Crippen LogP contribution is 2.24. The van der Waals surface area contributed by atoms with E-state index in [4.69, 9.17) is 0 Å².